The number of imidazole rings is 1. The molecule has 0 aliphatic carbocycles. The number of amides is 1. The van der Waals surface area contributed by atoms with Gasteiger partial charge in [-0.2, -0.15) is 0 Å². The average Bonchev–Trinajstić information content (AvgIpc) is 3.35. The summed E-state index contributed by atoms with van der Waals surface area (Å²) in [5.41, 5.74) is 3.64. The normalized spacial score (nSPS) is 15.7. The van der Waals surface area contributed by atoms with Crippen LogP contribution in [0.3, 0.4) is 0 Å². The summed E-state index contributed by atoms with van der Waals surface area (Å²) in [6.07, 6.45) is 3.68. The van der Waals surface area contributed by atoms with Gasteiger partial charge in [-0.1, -0.05) is 11.6 Å². The zero-order valence-corrected chi connectivity index (χ0v) is 17.7. The zero-order valence-electron chi connectivity index (χ0n) is 16.9. The van der Waals surface area contributed by atoms with Crippen LogP contribution in [0.25, 0.3) is 21.9 Å². The molecule has 0 spiro atoms. The number of aromatic nitrogens is 3. The third-order valence-electron chi connectivity index (χ3n) is 6.01. The molecule has 1 amide bonds. The number of hydrogen-bond donors (Lipinski definition) is 3. The lowest BCUT2D eigenvalue weighted by atomic mass is 9.95. The summed E-state index contributed by atoms with van der Waals surface area (Å²) >= 11 is 6.15. The molecule has 1 saturated heterocycles. The number of nitrogens with zero attached hydrogens (tertiary/aromatic N) is 2. The number of piperidine rings is 1. The number of benzene rings is 2. The van der Waals surface area contributed by atoms with Crippen molar-refractivity contribution >= 4 is 39.4 Å². The van der Waals surface area contributed by atoms with E-state index in [4.69, 9.17) is 11.6 Å². The highest BCUT2D eigenvalue weighted by molar-refractivity contribution is 6.31. The van der Waals surface area contributed by atoms with E-state index in [1.165, 1.54) is 17.7 Å². The molecular weight excluding hydrogens is 417 g/mol. The Labute approximate surface area is 183 Å². The van der Waals surface area contributed by atoms with Crippen molar-refractivity contribution in [3.8, 4) is 0 Å². The molecule has 4 aromatic rings. The minimum absolute atomic E-state index is 0.00418. The first kappa shape index (κ1) is 20.0. The number of hydrogen-bond acceptors (Lipinski definition) is 3. The van der Waals surface area contributed by atoms with Crippen LogP contribution < -0.4 is 5.32 Å². The summed E-state index contributed by atoms with van der Waals surface area (Å²) in [5.74, 6) is 0.349. The number of fused-ring (bicyclic) bond motifs is 2. The van der Waals surface area contributed by atoms with Crippen LogP contribution in [0.5, 0.6) is 0 Å². The SMILES string of the molecule is O=C(NCc1nc2cc(F)ccc2[nH]1)C1CCN(Cc2c[nH]c3ccc(Cl)cc23)CC1. The molecule has 0 radical (unpaired) electrons. The highest BCUT2D eigenvalue weighted by atomic mass is 35.5. The number of nitrogens with one attached hydrogen (secondary N) is 3. The monoisotopic (exact) mass is 439 g/mol. The lowest BCUT2D eigenvalue weighted by molar-refractivity contribution is -0.126. The maximum Gasteiger partial charge on any atom is 0.223 e. The van der Waals surface area contributed by atoms with Crippen LogP contribution in [0.1, 0.15) is 24.2 Å². The minimum atomic E-state index is -0.322. The van der Waals surface area contributed by atoms with Crippen LogP contribution >= 0.6 is 11.6 Å². The molecule has 0 saturated carbocycles. The maximum absolute atomic E-state index is 13.3. The Kier molecular flexibility index (Phi) is 5.38. The molecule has 3 N–H and O–H groups in total. The van der Waals surface area contributed by atoms with Gasteiger partial charge in [-0.3, -0.25) is 9.69 Å². The first-order chi connectivity index (χ1) is 15.0. The fourth-order valence-electron chi connectivity index (χ4n) is 4.31. The molecule has 8 heteroatoms. The molecule has 1 aliphatic heterocycles. The summed E-state index contributed by atoms with van der Waals surface area (Å²) in [6.45, 7) is 2.89. The van der Waals surface area contributed by atoms with Gasteiger partial charge in [-0.25, -0.2) is 9.37 Å². The lowest BCUT2D eigenvalue weighted by Crippen LogP contribution is -2.40. The second-order valence-corrected chi connectivity index (χ2v) is 8.55. The number of carbonyl (C=O) groups excluding carboxylic acids is 1. The molecule has 1 aliphatic rings. The van der Waals surface area contributed by atoms with Crippen molar-refractivity contribution in [3.05, 3.63) is 64.8 Å². The van der Waals surface area contributed by atoms with E-state index in [2.05, 4.69) is 25.2 Å². The summed E-state index contributed by atoms with van der Waals surface area (Å²) in [4.78, 5) is 25.8. The van der Waals surface area contributed by atoms with Crippen molar-refractivity contribution in [1.82, 2.24) is 25.2 Å². The van der Waals surface area contributed by atoms with Crippen LogP contribution in [-0.4, -0.2) is 38.8 Å². The Morgan fingerprint density at radius 2 is 2.00 bits per heavy atom. The summed E-state index contributed by atoms with van der Waals surface area (Å²) in [5, 5.41) is 4.86. The molecule has 2 aromatic carbocycles. The molecule has 0 unspecified atom stereocenters. The highest BCUT2D eigenvalue weighted by Gasteiger charge is 2.25. The Bertz CT molecular complexity index is 1240. The molecule has 2 aromatic heterocycles. The van der Waals surface area contributed by atoms with Gasteiger partial charge in [0.05, 0.1) is 17.6 Å². The fraction of sp³-hybridized carbons (Fsp3) is 0.304. The van der Waals surface area contributed by atoms with Gasteiger partial charge in [-0.05, 0) is 61.8 Å². The van der Waals surface area contributed by atoms with Crippen LogP contribution in [0.2, 0.25) is 5.02 Å². The molecule has 5 rings (SSSR count). The highest BCUT2D eigenvalue weighted by Crippen LogP contribution is 2.25. The van der Waals surface area contributed by atoms with Crippen molar-refractivity contribution in [2.45, 2.75) is 25.9 Å². The van der Waals surface area contributed by atoms with E-state index in [0.29, 0.717) is 17.9 Å². The standard InChI is InChI=1S/C23H23ClFN5O/c24-16-1-3-19-18(9-16)15(11-26-19)13-30-7-5-14(6-8-30)23(31)27-12-22-28-20-4-2-17(25)10-21(20)29-22/h1-4,9-11,14,26H,5-8,12-13H2,(H,27,31)(H,28,29). The van der Waals surface area contributed by atoms with Crippen molar-refractivity contribution in [2.24, 2.45) is 5.92 Å². The van der Waals surface area contributed by atoms with E-state index in [-0.39, 0.29) is 17.6 Å². The van der Waals surface area contributed by atoms with E-state index in [0.717, 1.165) is 53.9 Å². The van der Waals surface area contributed by atoms with Gasteiger partial charge in [-0.15, -0.1) is 0 Å². The first-order valence-corrected chi connectivity index (χ1v) is 10.8. The predicted molar refractivity (Wildman–Crippen MR) is 119 cm³/mol. The van der Waals surface area contributed by atoms with Crippen LogP contribution in [0.4, 0.5) is 4.39 Å². The third-order valence-corrected chi connectivity index (χ3v) is 6.24. The second-order valence-electron chi connectivity index (χ2n) is 8.12. The van der Waals surface area contributed by atoms with E-state index in [1.807, 2.05) is 24.4 Å². The van der Waals surface area contributed by atoms with Gasteiger partial charge < -0.3 is 15.3 Å². The molecular formula is C23H23ClFN5O. The van der Waals surface area contributed by atoms with E-state index in [1.54, 1.807) is 6.07 Å². The number of aromatic amines is 2. The average molecular weight is 440 g/mol. The van der Waals surface area contributed by atoms with E-state index < -0.39 is 0 Å². The van der Waals surface area contributed by atoms with E-state index >= 15 is 0 Å². The molecule has 31 heavy (non-hydrogen) atoms. The minimum Gasteiger partial charge on any atom is -0.361 e. The van der Waals surface area contributed by atoms with Crippen molar-refractivity contribution in [2.75, 3.05) is 13.1 Å². The Morgan fingerprint density at radius 1 is 1.19 bits per heavy atom. The summed E-state index contributed by atoms with van der Waals surface area (Å²) in [6, 6.07) is 10.3. The van der Waals surface area contributed by atoms with Gasteiger partial charge >= 0.3 is 0 Å². The van der Waals surface area contributed by atoms with Crippen molar-refractivity contribution in [1.29, 1.82) is 0 Å². The molecule has 160 valence electrons. The second kappa shape index (κ2) is 8.32. The predicted octanol–water partition coefficient (Wildman–Crippen LogP) is 4.37. The first-order valence-electron chi connectivity index (χ1n) is 10.4. The van der Waals surface area contributed by atoms with Crippen LogP contribution in [0, 0.1) is 11.7 Å². The quantitative estimate of drug-likeness (QED) is 0.432. The van der Waals surface area contributed by atoms with Crippen molar-refractivity contribution < 1.29 is 9.18 Å². The number of rotatable bonds is 5. The molecule has 0 atom stereocenters. The number of likely N-dealkylation sites (tertiary alicyclic amines) is 1. The van der Waals surface area contributed by atoms with Gasteiger partial charge in [0, 0.05) is 40.7 Å². The molecule has 6 nitrogen and oxygen atoms in total. The summed E-state index contributed by atoms with van der Waals surface area (Å²) in [7, 11) is 0. The molecule has 1 fully saturated rings. The fourth-order valence-corrected chi connectivity index (χ4v) is 4.48. The topological polar surface area (TPSA) is 76.8 Å². The number of carbonyl (C=O) groups is 1. The molecule has 3 heterocycles. The molecule has 0 bridgehead atoms. The zero-order chi connectivity index (χ0) is 21.4. The third kappa shape index (κ3) is 4.29. The smallest absolute Gasteiger partial charge is 0.223 e. The largest absolute Gasteiger partial charge is 0.361 e. The lowest BCUT2D eigenvalue weighted by Gasteiger charge is -2.31. The maximum atomic E-state index is 13.3. The number of H-pyrrole nitrogens is 2. The van der Waals surface area contributed by atoms with Crippen LogP contribution in [-0.2, 0) is 17.9 Å². The van der Waals surface area contributed by atoms with E-state index in [9.17, 15) is 9.18 Å². The van der Waals surface area contributed by atoms with Gasteiger partial charge in [0.1, 0.15) is 11.6 Å². The van der Waals surface area contributed by atoms with Gasteiger partial charge in [0.25, 0.3) is 0 Å². The number of halogens is 2. The Morgan fingerprint density at radius 3 is 2.84 bits per heavy atom. The summed E-state index contributed by atoms with van der Waals surface area (Å²) < 4.78 is 13.3. The Hall–Kier alpha value is -2.90. The van der Waals surface area contributed by atoms with Gasteiger partial charge in [0.15, 0.2) is 0 Å². The van der Waals surface area contributed by atoms with Gasteiger partial charge in [0.2, 0.25) is 5.91 Å². The Balaban J connectivity index is 1.14. The van der Waals surface area contributed by atoms with Crippen molar-refractivity contribution in [3.63, 3.8) is 0 Å². The van der Waals surface area contributed by atoms with Crippen LogP contribution in [0.15, 0.2) is 42.6 Å².